The molecule has 1 aromatic carbocycles. The summed E-state index contributed by atoms with van der Waals surface area (Å²) in [6.45, 7) is 3.52. The van der Waals surface area contributed by atoms with Crippen molar-refractivity contribution in [3.63, 3.8) is 0 Å². The van der Waals surface area contributed by atoms with E-state index in [0.29, 0.717) is 25.5 Å². The zero-order valence-electron chi connectivity index (χ0n) is 11.4. The SMILES string of the molecule is CCSCCC(=O)NCC1COc2ccccc2C1. The normalized spacial score (nSPS) is 17.4. The predicted molar refractivity (Wildman–Crippen MR) is 79.8 cm³/mol. The zero-order valence-corrected chi connectivity index (χ0v) is 12.2. The van der Waals surface area contributed by atoms with E-state index >= 15 is 0 Å². The van der Waals surface area contributed by atoms with Gasteiger partial charge >= 0.3 is 0 Å². The van der Waals surface area contributed by atoms with Gasteiger partial charge in [-0.15, -0.1) is 0 Å². The third kappa shape index (κ3) is 4.46. The number of amides is 1. The van der Waals surface area contributed by atoms with Crippen LogP contribution in [0.3, 0.4) is 0 Å². The van der Waals surface area contributed by atoms with Crippen molar-refractivity contribution >= 4 is 17.7 Å². The van der Waals surface area contributed by atoms with Gasteiger partial charge in [-0.05, 0) is 23.8 Å². The summed E-state index contributed by atoms with van der Waals surface area (Å²) in [5, 5.41) is 3.01. The molecule has 1 aromatic rings. The summed E-state index contributed by atoms with van der Waals surface area (Å²) in [4.78, 5) is 11.6. The molecule has 0 aliphatic carbocycles. The molecule has 3 nitrogen and oxygen atoms in total. The van der Waals surface area contributed by atoms with Crippen LogP contribution in [0, 0.1) is 5.92 Å². The fourth-order valence-corrected chi connectivity index (χ4v) is 2.80. The second kappa shape index (κ2) is 7.43. The van der Waals surface area contributed by atoms with E-state index in [4.69, 9.17) is 4.74 Å². The number of fused-ring (bicyclic) bond motifs is 1. The fraction of sp³-hybridized carbons (Fsp3) is 0.533. The summed E-state index contributed by atoms with van der Waals surface area (Å²) in [5.74, 6) is 3.51. The molecule has 0 radical (unpaired) electrons. The number of nitrogens with one attached hydrogen (secondary N) is 1. The van der Waals surface area contributed by atoms with Gasteiger partial charge in [0.25, 0.3) is 0 Å². The van der Waals surface area contributed by atoms with E-state index in [1.807, 2.05) is 18.2 Å². The molecule has 1 unspecified atom stereocenters. The van der Waals surface area contributed by atoms with Gasteiger partial charge in [0.15, 0.2) is 0 Å². The lowest BCUT2D eigenvalue weighted by molar-refractivity contribution is -0.120. The molecule has 0 fully saturated rings. The third-order valence-corrected chi connectivity index (χ3v) is 4.12. The molecule has 4 heteroatoms. The second-order valence-corrected chi connectivity index (χ2v) is 6.13. The number of ether oxygens (including phenoxy) is 1. The Labute approximate surface area is 119 Å². The van der Waals surface area contributed by atoms with E-state index in [9.17, 15) is 4.79 Å². The van der Waals surface area contributed by atoms with Gasteiger partial charge in [-0.2, -0.15) is 11.8 Å². The summed E-state index contributed by atoms with van der Waals surface area (Å²) in [5.41, 5.74) is 1.24. The van der Waals surface area contributed by atoms with Crippen molar-refractivity contribution in [1.29, 1.82) is 0 Å². The minimum atomic E-state index is 0.153. The van der Waals surface area contributed by atoms with E-state index in [1.165, 1.54) is 5.56 Å². The number of thioether (sulfide) groups is 1. The van der Waals surface area contributed by atoms with Crippen molar-refractivity contribution < 1.29 is 9.53 Å². The number of carbonyl (C=O) groups excluding carboxylic acids is 1. The molecule has 1 atom stereocenters. The van der Waals surface area contributed by atoms with Crippen LogP contribution in [0.4, 0.5) is 0 Å². The van der Waals surface area contributed by atoms with Gasteiger partial charge in [-0.1, -0.05) is 25.1 Å². The maximum absolute atomic E-state index is 11.6. The summed E-state index contributed by atoms with van der Waals surface area (Å²) < 4.78 is 5.71. The van der Waals surface area contributed by atoms with Crippen molar-refractivity contribution in [1.82, 2.24) is 5.32 Å². The van der Waals surface area contributed by atoms with Gasteiger partial charge in [0.1, 0.15) is 5.75 Å². The highest BCUT2D eigenvalue weighted by Crippen LogP contribution is 2.26. The number of hydrogen-bond acceptors (Lipinski definition) is 3. The van der Waals surface area contributed by atoms with Crippen LogP contribution in [0.2, 0.25) is 0 Å². The smallest absolute Gasteiger partial charge is 0.220 e. The van der Waals surface area contributed by atoms with Crippen LogP contribution in [0.25, 0.3) is 0 Å². The van der Waals surface area contributed by atoms with Crippen molar-refractivity contribution in [2.75, 3.05) is 24.7 Å². The molecule has 0 aromatic heterocycles. The van der Waals surface area contributed by atoms with Crippen LogP contribution >= 0.6 is 11.8 Å². The van der Waals surface area contributed by atoms with E-state index in [1.54, 1.807) is 11.8 Å². The Bertz CT molecular complexity index is 422. The van der Waals surface area contributed by atoms with Crippen LogP contribution in [-0.4, -0.2) is 30.6 Å². The van der Waals surface area contributed by atoms with Crippen LogP contribution < -0.4 is 10.1 Å². The van der Waals surface area contributed by atoms with Crippen molar-refractivity contribution in [3.8, 4) is 5.75 Å². The molecule has 2 rings (SSSR count). The summed E-state index contributed by atoms with van der Waals surface area (Å²) in [6.07, 6.45) is 1.60. The minimum absolute atomic E-state index is 0.153. The Balaban J connectivity index is 1.72. The number of para-hydroxylation sites is 1. The van der Waals surface area contributed by atoms with Gasteiger partial charge in [-0.3, -0.25) is 4.79 Å². The van der Waals surface area contributed by atoms with Crippen molar-refractivity contribution in [3.05, 3.63) is 29.8 Å². The highest BCUT2D eigenvalue weighted by molar-refractivity contribution is 7.99. The van der Waals surface area contributed by atoms with E-state index < -0.39 is 0 Å². The van der Waals surface area contributed by atoms with E-state index in [0.717, 1.165) is 23.7 Å². The lowest BCUT2D eigenvalue weighted by Gasteiger charge is -2.25. The monoisotopic (exact) mass is 279 g/mol. The highest BCUT2D eigenvalue weighted by Gasteiger charge is 2.19. The molecule has 1 amide bonds. The molecule has 1 aliphatic rings. The Morgan fingerprint density at radius 1 is 1.47 bits per heavy atom. The number of hydrogen-bond donors (Lipinski definition) is 1. The van der Waals surface area contributed by atoms with Gasteiger partial charge in [-0.25, -0.2) is 0 Å². The number of rotatable bonds is 6. The first-order valence-electron chi connectivity index (χ1n) is 6.84. The largest absolute Gasteiger partial charge is 0.493 e. The topological polar surface area (TPSA) is 38.3 Å². The molecule has 0 saturated heterocycles. The van der Waals surface area contributed by atoms with E-state index in [-0.39, 0.29) is 5.91 Å². The Hall–Kier alpha value is -1.16. The average molecular weight is 279 g/mol. The second-order valence-electron chi connectivity index (χ2n) is 4.74. The molecule has 104 valence electrons. The summed E-state index contributed by atoms with van der Waals surface area (Å²) in [6, 6.07) is 8.13. The molecular weight excluding hydrogens is 258 g/mol. The summed E-state index contributed by atoms with van der Waals surface area (Å²) in [7, 11) is 0. The highest BCUT2D eigenvalue weighted by atomic mass is 32.2. The molecule has 19 heavy (non-hydrogen) atoms. The Morgan fingerprint density at radius 3 is 3.16 bits per heavy atom. The van der Waals surface area contributed by atoms with Crippen molar-refractivity contribution in [2.24, 2.45) is 5.92 Å². The van der Waals surface area contributed by atoms with Crippen molar-refractivity contribution in [2.45, 2.75) is 19.8 Å². The Morgan fingerprint density at radius 2 is 2.32 bits per heavy atom. The predicted octanol–water partition coefficient (Wildman–Crippen LogP) is 2.50. The van der Waals surface area contributed by atoms with Crippen LogP contribution in [-0.2, 0) is 11.2 Å². The first kappa shape index (κ1) is 14.3. The standard InChI is InChI=1S/C15H21NO2S/c1-2-19-8-7-15(17)16-10-12-9-13-5-3-4-6-14(13)18-11-12/h3-6,12H,2,7-11H2,1H3,(H,16,17). The van der Waals surface area contributed by atoms with Gasteiger partial charge < -0.3 is 10.1 Å². The molecule has 0 spiro atoms. The lowest BCUT2D eigenvalue weighted by Crippen LogP contribution is -2.34. The first-order chi connectivity index (χ1) is 9.29. The molecular formula is C15H21NO2S. The Kier molecular flexibility index (Phi) is 5.58. The summed E-state index contributed by atoms with van der Waals surface area (Å²) >= 11 is 1.80. The van der Waals surface area contributed by atoms with Gasteiger partial charge in [0.2, 0.25) is 5.91 Å². The zero-order chi connectivity index (χ0) is 13.5. The average Bonchev–Trinajstić information content (AvgIpc) is 2.45. The maximum atomic E-state index is 11.6. The fourth-order valence-electron chi connectivity index (χ4n) is 2.18. The van der Waals surface area contributed by atoms with Gasteiger partial charge in [0, 0.05) is 24.6 Å². The minimum Gasteiger partial charge on any atom is -0.493 e. The molecule has 1 heterocycles. The van der Waals surface area contributed by atoms with E-state index in [2.05, 4.69) is 18.3 Å². The number of benzene rings is 1. The van der Waals surface area contributed by atoms with Crippen LogP contribution in [0.5, 0.6) is 5.75 Å². The van der Waals surface area contributed by atoms with Gasteiger partial charge in [0.05, 0.1) is 6.61 Å². The molecule has 0 bridgehead atoms. The number of carbonyl (C=O) groups is 1. The first-order valence-corrected chi connectivity index (χ1v) is 8.00. The maximum Gasteiger partial charge on any atom is 0.220 e. The van der Waals surface area contributed by atoms with Crippen LogP contribution in [0.1, 0.15) is 18.9 Å². The van der Waals surface area contributed by atoms with Crippen LogP contribution in [0.15, 0.2) is 24.3 Å². The quantitative estimate of drug-likeness (QED) is 0.813. The third-order valence-electron chi connectivity index (χ3n) is 3.22. The lowest BCUT2D eigenvalue weighted by atomic mass is 9.97. The molecule has 0 saturated carbocycles. The molecule has 1 N–H and O–H groups in total. The molecule has 1 aliphatic heterocycles.